The number of aromatic nitrogens is 1. The van der Waals surface area contributed by atoms with Crippen molar-refractivity contribution in [1.82, 2.24) is 4.98 Å². The van der Waals surface area contributed by atoms with Gasteiger partial charge in [-0.05, 0) is 43.2 Å². The van der Waals surface area contributed by atoms with Crippen molar-refractivity contribution in [3.05, 3.63) is 52.8 Å². The number of aromatic amines is 1. The summed E-state index contributed by atoms with van der Waals surface area (Å²) in [5, 5.41) is 3.41. The molecule has 1 aliphatic heterocycles. The summed E-state index contributed by atoms with van der Waals surface area (Å²) in [6.07, 6.45) is 2.23. The Labute approximate surface area is 101 Å². The highest BCUT2D eigenvalue weighted by molar-refractivity contribution is 5.92. The minimum absolute atomic E-state index is 0.913. The maximum Gasteiger partial charge on any atom is 0.0419 e. The van der Waals surface area contributed by atoms with E-state index in [4.69, 9.17) is 0 Å². The van der Waals surface area contributed by atoms with E-state index in [0.717, 1.165) is 6.54 Å². The third-order valence-electron chi connectivity index (χ3n) is 3.37. The second-order valence-electron chi connectivity index (χ2n) is 4.60. The molecule has 0 unspecified atom stereocenters. The molecular formula is C15H16N2. The quantitative estimate of drug-likeness (QED) is 0.761. The van der Waals surface area contributed by atoms with Gasteiger partial charge < -0.3 is 10.3 Å². The Balaban J connectivity index is 2.01. The van der Waals surface area contributed by atoms with Crippen LogP contribution in [0.1, 0.15) is 22.5 Å². The van der Waals surface area contributed by atoms with Crippen LogP contribution in [0.15, 0.2) is 30.3 Å². The van der Waals surface area contributed by atoms with E-state index < -0.39 is 0 Å². The molecule has 0 saturated carbocycles. The van der Waals surface area contributed by atoms with E-state index in [-0.39, 0.29) is 0 Å². The highest BCUT2D eigenvalue weighted by atomic mass is 14.9. The standard InChI is InChI=1S/C15H16N2/c1-10-7-13(17-11(10)2)8-12-9-16-15-6-4-3-5-14(12)15/h3-8,16-17H,9H2,1-2H3. The van der Waals surface area contributed by atoms with Gasteiger partial charge in [-0.3, -0.25) is 0 Å². The van der Waals surface area contributed by atoms with E-state index in [1.54, 1.807) is 0 Å². The molecule has 3 rings (SSSR count). The van der Waals surface area contributed by atoms with Crippen LogP contribution in [0.3, 0.4) is 0 Å². The molecule has 17 heavy (non-hydrogen) atoms. The zero-order valence-corrected chi connectivity index (χ0v) is 10.2. The van der Waals surface area contributed by atoms with Gasteiger partial charge in [0.25, 0.3) is 0 Å². The van der Waals surface area contributed by atoms with E-state index in [9.17, 15) is 0 Å². The fraction of sp³-hybridized carbons (Fsp3) is 0.200. The lowest BCUT2D eigenvalue weighted by atomic mass is 10.1. The molecule has 0 fully saturated rings. The molecule has 1 aromatic carbocycles. The SMILES string of the molecule is Cc1cc(C=C2CNc3ccccc32)[nH]c1C. The van der Waals surface area contributed by atoms with Crippen LogP contribution in [0.5, 0.6) is 0 Å². The molecular weight excluding hydrogens is 208 g/mol. The number of hydrogen-bond donors (Lipinski definition) is 2. The molecule has 2 N–H and O–H groups in total. The van der Waals surface area contributed by atoms with E-state index in [1.807, 2.05) is 0 Å². The molecule has 0 atom stereocenters. The number of hydrogen-bond acceptors (Lipinski definition) is 1. The maximum absolute atomic E-state index is 3.41. The molecule has 2 aromatic rings. The van der Waals surface area contributed by atoms with E-state index in [1.165, 1.54) is 33.8 Å². The van der Waals surface area contributed by atoms with Crippen molar-refractivity contribution in [2.24, 2.45) is 0 Å². The van der Waals surface area contributed by atoms with Crippen LogP contribution in [0.25, 0.3) is 11.6 Å². The third-order valence-corrected chi connectivity index (χ3v) is 3.37. The molecule has 0 spiro atoms. The van der Waals surface area contributed by atoms with Gasteiger partial charge in [-0.1, -0.05) is 18.2 Å². The molecule has 2 nitrogen and oxygen atoms in total. The first-order valence-electron chi connectivity index (χ1n) is 5.94. The maximum atomic E-state index is 3.41. The number of anilines is 1. The summed E-state index contributed by atoms with van der Waals surface area (Å²) in [4.78, 5) is 3.40. The zero-order chi connectivity index (χ0) is 11.8. The number of H-pyrrole nitrogens is 1. The predicted octanol–water partition coefficient (Wildman–Crippen LogP) is 3.60. The topological polar surface area (TPSA) is 27.8 Å². The van der Waals surface area contributed by atoms with Gasteiger partial charge in [-0.2, -0.15) is 0 Å². The molecule has 1 aliphatic rings. The molecule has 0 amide bonds. The highest BCUT2D eigenvalue weighted by Crippen LogP contribution is 2.31. The summed E-state index contributed by atoms with van der Waals surface area (Å²) in [7, 11) is 0. The zero-order valence-electron chi connectivity index (χ0n) is 10.2. The number of para-hydroxylation sites is 1. The molecule has 0 radical (unpaired) electrons. The minimum atomic E-state index is 0.913. The summed E-state index contributed by atoms with van der Waals surface area (Å²) in [6, 6.07) is 10.6. The second kappa shape index (κ2) is 3.81. The van der Waals surface area contributed by atoms with Gasteiger partial charge in [-0.25, -0.2) is 0 Å². The van der Waals surface area contributed by atoms with Crippen LogP contribution in [0.4, 0.5) is 5.69 Å². The minimum Gasteiger partial charge on any atom is -0.380 e. The lowest BCUT2D eigenvalue weighted by molar-refractivity contribution is 1.22. The van der Waals surface area contributed by atoms with Crippen LogP contribution in [-0.2, 0) is 0 Å². The van der Waals surface area contributed by atoms with Gasteiger partial charge in [0, 0.05) is 29.2 Å². The van der Waals surface area contributed by atoms with Crippen molar-refractivity contribution < 1.29 is 0 Å². The average Bonchev–Trinajstić information content (AvgIpc) is 2.85. The summed E-state index contributed by atoms with van der Waals surface area (Å²) in [6.45, 7) is 5.16. The van der Waals surface area contributed by atoms with Crippen molar-refractivity contribution in [1.29, 1.82) is 0 Å². The predicted molar refractivity (Wildman–Crippen MR) is 73.1 cm³/mol. The first kappa shape index (κ1) is 10.2. The van der Waals surface area contributed by atoms with Crippen molar-refractivity contribution in [3.8, 4) is 0 Å². The van der Waals surface area contributed by atoms with Crippen molar-refractivity contribution >= 4 is 17.3 Å². The van der Waals surface area contributed by atoms with E-state index in [2.05, 4.69) is 60.6 Å². The first-order chi connectivity index (χ1) is 8.24. The van der Waals surface area contributed by atoms with Crippen molar-refractivity contribution in [2.45, 2.75) is 13.8 Å². The Bertz CT molecular complexity index is 571. The molecule has 1 aromatic heterocycles. The summed E-state index contributed by atoms with van der Waals surface area (Å²) in [5.74, 6) is 0. The first-order valence-corrected chi connectivity index (χ1v) is 5.94. The van der Waals surface area contributed by atoms with Crippen LogP contribution < -0.4 is 5.32 Å². The summed E-state index contributed by atoms with van der Waals surface area (Å²) >= 11 is 0. The Morgan fingerprint density at radius 2 is 2.00 bits per heavy atom. The van der Waals surface area contributed by atoms with Crippen LogP contribution in [0, 0.1) is 13.8 Å². The molecule has 0 saturated heterocycles. The van der Waals surface area contributed by atoms with Gasteiger partial charge in [0.2, 0.25) is 0 Å². The number of aryl methyl sites for hydroxylation is 2. The lowest BCUT2D eigenvalue weighted by Crippen LogP contribution is -1.91. The summed E-state index contributed by atoms with van der Waals surface area (Å²) in [5.41, 5.74) is 7.65. The van der Waals surface area contributed by atoms with Crippen molar-refractivity contribution in [2.75, 3.05) is 11.9 Å². The van der Waals surface area contributed by atoms with Gasteiger partial charge in [0.1, 0.15) is 0 Å². The largest absolute Gasteiger partial charge is 0.380 e. The Kier molecular flexibility index (Phi) is 2.29. The lowest BCUT2D eigenvalue weighted by Gasteiger charge is -1.97. The molecule has 2 heterocycles. The van der Waals surface area contributed by atoms with Gasteiger partial charge in [0.15, 0.2) is 0 Å². The van der Waals surface area contributed by atoms with Gasteiger partial charge in [-0.15, -0.1) is 0 Å². The molecule has 2 heteroatoms. The van der Waals surface area contributed by atoms with Crippen molar-refractivity contribution in [3.63, 3.8) is 0 Å². The normalized spacial score (nSPS) is 16.0. The fourth-order valence-corrected chi connectivity index (χ4v) is 2.29. The van der Waals surface area contributed by atoms with Gasteiger partial charge >= 0.3 is 0 Å². The Morgan fingerprint density at radius 3 is 2.76 bits per heavy atom. The number of benzene rings is 1. The molecule has 0 bridgehead atoms. The Morgan fingerprint density at radius 1 is 1.18 bits per heavy atom. The van der Waals surface area contributed by atoms with E-state index in [0.29, 0.717) is 0 Å². The van der Waals surface area contributed by atoms with Gasteiger partial charge in [0.05, 0.1) is 0 Å². The van der Waals surface area contributed by atoms with Crippen LogP contribution in [0.2, 0.25) is 0 Å². The second-order valence-corrected chi connectivity index (χ2v) is 4.60. The number of rotatable bonds is 1. The molecule has 0 aliphatic carbocycles. The van der Waals surface area contributed by atoms with Crippen LogP contribution in [-0.4, -0.2) is 11.5 Å². The summed E-state index contributed by atoms with van der Waals surface area (Å²) < 4.78 is 0. The fourth-order valence-electron chi connectivity index (χ4n) is 2.29. The third kappa shape index (κ3) is 1.76. The molecule has 86 valence electrons. The number of fused-ring (bicyclic) bond motifs is 1. The Hall–Kier alpha value is -1.96. The monoisotopic (exact) mass is 224 g/mol. The highest BCUT2D eigenvalue weighted by Gasteiger charge is 2.14. The number of nitrogens with one attached hydrogen (secondary N) is 2. The van der Waals surface area contributed by atoms with Crippen LogP contribution >= 0.6 is 0 Å². The van der Waals surface area contributed by atoms with E-state index >= 15 is 0 Å². The smallest absolute Gasteiger partial charge is 0.0419 e. The average molecular weight is 224 g/mol.